The summed E-state index contributed by atoms with van der Waals surface area (Å²) in [5.74, 6) is 0. The van der Waals surface area contributed by atoms with Gasteiger partial charge in [-0.25, -0.2) is 0 Å². The first-order chi connectivity index (χ1) is 8.60. The van der Waals surface area contributed by atoms with Gasteiger partial charge in [-0.1, -0.05) is 51.5 Å². The summed E-state index contributed by atoms with van der Waals surface area (Å²) in [4.78, 5) is 0. The van der Waals surface area contributed by atoms with Crippen LogP contribution in [0.15, 0.2) is 37.0 Å². The lowest BCUT2D eigenvalue weighted by atomic mass is 9.57. The first-order valence-electron chi connectivity index (χ1n) is 7.21. The summed E-state index contributed by atoms with van der Waals surface area (Å²) in [7, 11) is 2.05. The Labute approximate surface area is 120 Å². The van der Waals surface area contributed by atoms with Gasteiger partial charge in [-0.2, -0.15) is 0 Å². The third-order valence-electron chi connectivity index (χ3n) is 5.36. The molecule has 0 aromatic heterocycles. The largest absolute Gasteiger partial charge is 0.313 e. The van der Waals surface area contributed by atoms with Gasteiger partial charge in [0.25, 0.3) is 0 Å². The monoisotopic (exact) mass is 263 g/mol. The van der Waals surface area contributed by atoms with Crippen LogP contribution in [0, 0.1) is 10.8 Å². The van der Waals surface area contributed by atoms with E-state index in [-0.39, 0.29) is 16.4 Å². The van der Waals surface area contributed by atoms with E-state index in [9.17, 15) is 0 Å². The summed E-state index contributed by atoms with van der Waals surface area (Å²) in [5, 5.41) is 3.55. The molecule has 0 aliphatic rings. The number of nitrogens with one attached hydrogen (secondary N) is 1. The average Bonchev–Trinajstić information content (AvgIpc) is 2.37. The highest BCUT2D eigenvalue weighted by atomic mass is 15.0. The van der Waals surface area contributed by atoms with Crippen molar-refractivity contribution in [3.8, 4) is 0 Å². The van der Waals surface area contributed by atoms with Crippen LogP contribution in [0.3, 0.4) is 0 Å². The topological polar surface area (TPSA) is 12.0 Å². The van der Waals surface area contributed by atoms with Gasteiger partial charge in [0.15, 0.2) is 0 Å². The smallest absolute Gasteiger partial charge is 0.0324 e. The van der Waals surface area contributed by atoms with E-state index in [1.807, 2.05) is 13.1 Å². The van der Waals surface area contributed by atoms with Gasteiger partial charge in [0, 0.05) is 16.4 Å². The van der Waals surface area contributed by atoms with Crippen molar-refractivity contribution in [2.75, 3.05) is 7.05 Å². The Morgan fingerprint density at radius 1 is 1.05 bits per heavy atom. The molecule has 0 aromatic rings. The first kappa shape index (κ1) is 18.2. The Hall–Kier alpha value is -0.820. The fourth-order valence-corrected chi connectivity index (χ4v) is 2.71. The highest BCUT2D eigenvalue weighted by Gasteiger charge is 2.49. The maximum Gasteiger partial charge on any atom is 0.0324 e. The first-order valence-corrected chi connectivity index (χ1v) is 7.21. The van der Waals surface area contributed by atoms with Crippen molar-refractivity contribution < 1.29 is 0 Å². The molecule has 0 heterocycles. The van der Waals surface area contributed by atoms with Gasteiger partial charge in [-0.3, -0.25) is 0 Å². The molecule has 0 fully saturated rings. The molecule has 1 nitrogen and oxygen atoms in total. The minimum absolute atomic E-state index is 0.00120. The quantitative estimate of drug-likeness (QED) is 0.473. The zero-order valence-corrected chi connectivity index (χ0v) is 14.1. The Morgan fingerprint density at radius 2 is 1.58 bits per heavy atom. The molecule has 19 heavy (non-hydrogen) atoms. The molecule has 110 valence electrons. The van der Waals surface area contributed by atoms with E-state index in [0.29, 0.717) is 0 Å². The number of allylic oxidation sites excluding steroid dienone is 2. The fourth-order valence-electron chi connectivity index (χ4n) is 2.71. The SMILES string of the molecule is C=CCC/C=C(\C)C(C)(C)C(C)(NC)C(C)(C)C=C. The molecule has 0 aliphatic carbocycles. The molecule has 0 spiro atoms. The standard InChI is InChI=1S/C18H33N/c1-10-12-13-14-15(3)17(6,7)18(8,19-9)16(4,5)11-2/h10-11,14,19H,1-2,12-13H2,3-9H3/b15-14+. The normalized spacial score (nSPS) is 16.9. The Balaban J connectivity index is 5.51. The molecule has 0 aliphatic heterocycles. The Morgan fingerprint density at radius 3 is 1.95 bits per heavy atom. The minimum Gasteiger partial charge on any atom is -0.313 e. The van der Waals surface area contributed by atoms with Crippen molar-refractivity contribution in [3.05, 3.63) is 37.0 Å². The molecule has 1 N–H and O–H groups in total. The second-order valence-corrected chi connectivity index (χ2v) is 6.68. The number of rotatable bonds is 8. The number of hydrogen-bond acceptors (Lipinski definition) is 1. The molecule has 0 bridgehead atoms. The highest BCUT2D eigenvalue weighted by molar-refractivity contribution is 5.23. The van der Waals surface area contributed by atoms with Crippen LogP contribution in [0.5, 0.6) is 0 Å². The maximum atomic E-state index is 4.02. The van der Waals surface area contributed by atoms with E-state index >= 15 is 0 Å². The van der Waals surface area contributed by atoms with Crippen LogP contribution < -0.4 is 5.32 Å². The Kier molecular flexibility index (Phi) is 6.28. The lowest BCUT2D eigenvalue weighted by Gasteiger charge is -2.54. The van der Waals surface area contributed by atoms with Crippen LogP contribution in [-0.2, 0) is 0 Å². The van der Waals surface area contributed by atoms with Crippen LogP contribution in [-0.4, -0.2) is 12.6 Å². The fraction of sp³-hybridized carbons (Fsp3) is 0.667. The average molecular weight is 263 g/mol. The second kappa shape index (κ2) is 6.56. The lowest BCUT2D eigenvalue weighted by Crippen LogP contribution is -2.61. The van der Waals surface area contributed by atoms with Gasteiger partial charge in [0.2, 0.25) is 0 Å². The zero-order chi connectivity index (χ0) is 15.3. The van der Waals surface area contributed by atoms with E-state index in [0.717, 1.165) is 12.8 Å². The minimum atomic E-state index is -0.0590. The molecular weight excluding hydrogens is 230 g/mol. The van der Waals surface area contributed by atoms with E-state index in [4.69, 9.17) is 0 Å². The molecule has 0 radical (unpaired) electrons. The van der Waals surface area contributed by atoms with E-state index in [2.05, 4.69) is 72.2 Å². The van der Waals surface area contributed by atoms with E-state index < -0.39 is 0 Å². The molecule has 1 unspecified atom stereocenters. The summed E-state index contributed by atoms with van der Waals surface area (Å²) in [6, 6.07) is 0. The summed E-state index contributed by atoms with van der Waals surface area (Å²) >= 11 is 0. The van der Waals surface area contributed by atoms with Crippen LogP contribution in [0.4, 0.5) is 0 Å². The van der Waals surface area contributed by atoms with Crippen LogP contribution in [0.2, 0.25) is 0 Å². The van der Waals surface area contributed by atoms with Crippen molar-refractivity contribution in [3.63, 3.8) is 0 Å². The van der Waals surface area contributed by atoms with Crippen LogP contribution in [0.1, 0.15) is 54.4 Å². The van der Waals surface area contributed by atoms with Gasteiger partial charge < -0.3 is 5.32 Å². The molecular formula is C18H33N. The third kappa shape index (κ3) is 3.39. The second-order valence-electron chi connectivity index (χ2n) is 6.68. The zero-order valence-electron chi connectivity index (χ0n) is 14.1. The van der Waals surface area contributed by atoms with Crippen molar-refractivity contribution in [1.82, 2.24) is 5.32 Å². The van der Waals surface area contributed by atoms with Gasteiger partial charge in [0.05, 0.1) is 0 Å². The van der Waals surface area contributed by atoms with Gasteiger partial charge >= 0.3 is 0 Å². The van der Waals surface area contributed by atoms with Crippen molar-refractivity contribution in [2.24, 2.45) is 10.8 Å². The Bertz CT molecular complexity index is 347. The summed E-state index contributed by atoms with van der Waals surface area (Å²) < 4.78 is 0. The summed E-state index contributed by atoms with van der Waals surface area (Å²) in [6.07, 6.45) is 8.47. The molecule has 1 heteroatoms. The van der Waals surface area contributed by atoms with Crippen molar-refractivity contribution in [1.29, 1.82) is 0 Å². The van der Waals surface area contributed by atoms with Crippen molar-refractivity contribution in [2.45, 2.75) is 59.9 Å². The van der Waals surface area contributed by atoms with Crippen LogP contribution >= 0.6 is 0 Å². The van der Waals surface area contributed by atoms with Gasteiger partial charge in [-0.05, 0) is 33.7 Å². The van der Waals surface area contributed by atoms with Crippen LogP contribution in [0.25, 0.3) is 0 Å². The third-order valence-corrected chi connectivity index (χ3v) is 5.36. The van der Waals surface area contributed by atoms with Gasteiger partial charge in [-0.15, -0.1) is 13.2 Å². The molecule has 0 saturated heterocycles. The molecule has 0 aromatic carbocycles. The van der Waals surface area contributed by atoms with E-state index in [1.54, 1.807) is 0 Å². The predicted octanol–water partition coefficient (Wildman–Crippen LogP) is 5.12. The van der Waals surface area contributed by atoms with Gasteiger partial charge in [0.1, 0.15) is 0 Å². The van der Waals surface area contributed by atoms with E-state index in [1.165, 1.54) is 5.57 Å². The number of unbranched alkanes of at least 4 members (excludes halogenated alkanes) is 1. The molecule has 0 rings (SSSR count). The molecule has 0 saturated carbocycles. The molecule has 1 atom stereocenters. The molecule has 0 amide bonds. The summed E-state index contributed by atoms with van der Waals surface area (Å²) in [5.41, 5.74) is 1.40. The maximum absolute atomic E-state index is 4.02. The lowest BCUT2D eigenvalue weighted by molar-refractivity contribution is 0.0785. The predicted molar refractivity (Wildman–Crippen MR) is 88.4 cm³/mol. The summed E-state index contributed by atoms with van der Waals surface area (Å²) in [6.45, 7) is 21.4. The highest BCUT2D eigenvalue weighted by Crippen LogP contribution is 2.48. The van der Waals surface area contributed by atoms with Crippen molar-refractivity contribution >= 4 is 0 Å². The number of hydrogen-bond donors (Lipinski definition) is 1.